The van der Waals surface area contributed by atoms with Crippen molar-refractivity contribution >= 4 is 34.3 Å². The minimum Gasteiger partial charge on any atom is 0 e. The maximum absolute atomic E-state index is 0. The van der Waals surface area contributed by atoms with Crippen molar-refractivity contribution in [3.63, 3.8) is 0 Å². The third-order valence-electron chi connectivity index (χ3n) is 0. The summed E-state index contributed by atoms with van der Waals surface area (Å²) in [5.41, 5.74) is 0. The number of hydrogen-bond acceptors (Lipinski definition) is 0. The van der Waals surface area contributed by atoms with E-state index in [-0.39, 0.29) is 170 Å². The molecule has 1 radical (unpaired) electrons. The minimum atomic E-state index is 0. The van der Waals surface area contributed by atoms with Crippen LogP contribution in [0.25, 0.3) is 0 Å². The molecule has 0 aromatic heterocycles. The molecule has 0 aliphatic heterocycles. The van der Waals surface area contributed by atoms with Crippen molar-refractivity contribution in [3.05, 3.63) is 0 Å². The summed E-state index contributed by atoms with van der Waals surface area (Å²) < 4.78 is 0. The van der Waals surface area contributed by atoms with Crippen LogP contribution in [0.2, 0.25) is 0 Å². The van der Waals surface area contributed by atoms with E-state index in [1.165, 1.54) is 0 Å². The van der Waals surface area contributed by atoms with Gasteiger partial charge in [0, 0.05) is 135 Å². The summed E-state index contributed by atoms with van der Waals surface area (Å²) in [5.74, 6) is 0. The molecular weight excluding hydrogens is 605 g/mol. The second-order valence-electron chi connectivity index (χ2n) is 0. The van der Waals surface area contributed by atoms with Crippen molar-refractivity contribution in [1.29, 1.82) is 0 Å². The molecule has 0 saturated carbocycles. The predicted octanol–water partition coefficient (Wildman–Crippen LogP) is -2.37. The minimum absolute atomic E-state index is 0. The van der Waals surface area contributed by atoms with E-state index in [1.54, 1.807) is 0 Å². The molecule has 0 spiro atoms. The van der Waals surface area contributed by atoms with Crippen molar-refractivity contribution < 1.29 is 135 Å². The molecular formula is H6BCeFeInLaNd. The standard InChI is InChI=1S/BH3.Ce.Fe.In.La.Nd.3H/h1H3;;;;;;;;. The molecule has 0 aliphatic rings. The third kappa shape index (κ3) is 22.8. The Bertz CT molecular complexity index is 15.5. The van der Waals surface area contributed by atoms with Gasteiger partial charge in [-0.05, 0) is 0 Å². The van der Waals surface area contributed by atoms with E-state index in [9.17, 15) is 0 Å². The molecule has 0 fully saturated rings. The monoisotopic (exact) mass is 609 g/mol. The van der Waals surface area contributed by atoms with E-state index in [0.717, 1.165) is 0 Å². The quantitative estimate of drug-likeness (QED) is 0.269. The summed E-state index contributed by atoms with van der Waals surface area (Å²) in [6.45, 7) is 0. The zero-order valence-corrected chi connectivity index (χ0v) is 13.0. The van der Waals surface area contributed by atoms with Gasteiger partial charge in [0.25, 0.3) is 0 Å². The van der Waals surface area contributed by atoms with E-state index >= 15 is 0 Å². The summed E-state index contributed by atoms with van der Waals surface area (Å²) in [5, 5.41) is 0. The van der Waals surface area contributed by atoms with Gasteiger partial charge in [-0.15, -0.1) is 0 Å². The SMILES string of the molecule is B.[Ce].[Fe].[InH3].[La].[Nd]. The molecule has 0 amide bonds. The fourth-order valence-electron chi connectivity index (χ4n) is 0. The zero-order valence-electron chi connectivity index (χ0n) is 1.93. The average Bonchev–Trinajstić information content (AvgIpc) is 0. The molecule has 0 nitrogen and oxygen atoms in total. The van der Waals surface area contributed by atoms with Crippen LogP contribution < -0.4 is 0 Å². The first-order valence-corrected chi connectivity index (χ1v) is 0. The Balaban J connectivity index is 0. The first kappa shape index (κ1) is 42.4. The molecule has 0 heterocycles. The summed E-state index contributed by atoms with van der Waals surface area (Å²) >= 11 is 0. The van der Waals surface area contributed by atoms with Crippen LogP contribution in [-0.2, 0) is 17.1 Å². The summed E-state index contributed by atoms with van der Waals surface area (Å²) in [6.07, 6.45) is 0. The van der Waals surface area contributed by atoms with Gasteiger partial charge in [0.15, 0.2) is 0 Å². The maximum Gasteiger partial charge on any atom is 0 e. The Hall–Kier alpha value is 5.38. The molecule has 31 valence electrons. The van der Waals surface area contributed by atoms with Gasteiger partial charge >= 0.3 is 25.8 Å². The zero-order chi connectivity index (χ0) is 0. The van der Waals surface area contributed by atoms with E-state index in [2.05, 4.69) is 0 Å². The maximum atomic E-state index is 0. The van der Waals surface area contributed by atoms with Crippen LogP contribution in [-0.4, -0.2) is 34.3 Å². The van der Waals surface area contributed by atoms with E-state index in [4.69, 9.17) is 0 Å². The third-order valence-corrected chi connectivity index (χ3v) is 0. The van der Waals surface area contributed by atoms with E-state index in [1.807, 2.05) is 0 Å². The van der Waals surface area contributed by atoms with Gasteiger partial charge in [0.2, 0.25) is 0 Å². The molecule has 0 aromatic carbocycles. The van der Waals surface area contributed by atoms with E-state index < -0.39 is 0 Å². The summed E-state index contributed by atoms with van der Waals surface area (Å²) in [6, 6.07) is 0. The Morgan fingerprint density at radius 3 is 1.00 bits per heavy atom. The van der Waals surface area contributed by atoms with Gasteiger partial charge in [-0.2, -0.15) is 0 Å². The molecule has 0 bridgehead atoms. The summed E-state index contributed by atoms with van der Waals surface area (Å²) in [4.78, 5) is 0. The topological polar surface area (TPSA) is 0 Å². The van der Waals surface area contributed by atoms with Crippen molar-refractivity contribution in [2.45, 2.75) is 0 Å². The largest absolute Gasteiger partial charge is 0 e. The summed E-state index contributed by atoms with van der Waals surface area (Å²) in [7, 11) is 0. The Kier molecular flexibility index (Phi) is 223. The van der Waals surface area contributed by atoms with E-state index in [0.29, 0.717) is 0 Å². The van der Waals surface area contributed by atoms with Gasteiger partial charge in [-0.25, -0.2) is 0 Å². The van der Waals surface area contributed by atoms with Crippen LogP contribution in [0.5, 0.6) is 0 Å². The van der Waals surface area contributed by atoms with Crippen LogP contribution in [0.3, 0.4) is 0 Å². The fourth-order valence-corrected chi connectivity index (χ4v) is 0. The number of rotatable bonds is 0. The molecule has 0 saturated heterocycles. The Labute approximate surface area is 164 Å². The molecule has 0 aromatic rings. The van der Waals surface area contributed by atoms with Crippen molar-refractivity contribution in [2.75, 3.05) is 0 Å². The van der Waals surface area contributed by atoms with Crippen LogP contribution >= 0.6 is 0 Å². The van der Waals surface area contributed by atoms with Crippen molar-refractivity contribution in [3.8, 4) is 0 Å². The first-order chi connectivity index (χ1) is 0. The van der Waals surface area contributed by atoms with Gasteiger partial charge in [0.1, 0.15) is 0 Å². The first-order valence-electron chi connectivity index (χ1n) is 0. The molecule has 6 heavy (non-hydrogen) atoms. The average molecular weight is 611 g/mol. The molecule has 0 N–H and O–H groups in total. The van der Waals surface area contributed by atoms with Crippen LogP contribution in [0.4, 0.5) is 0 Å². The Morgan fingerprint density at radius 2 is 1.00 bits per heavy atom. The van der Waals surface area contributed by atoms with Crippen LogP contribution in [0.1, 0.15) is 0 Å². The molecule has 0 aliphatic carbocycles. The second-order valence-corrected chi connectivity index (χ2v) is 0. The van der Waals surface area contributed by atoms with Crippen molar-refractivity contribution in [1.82, 2.24) is 0 Å². The van der Waals surface area contributed by atoms with Crippen LogP contribution in [0.15, 0.2) is 0 Å². The molecule has 0 atom stereocenters. The smallest absolute Gasteiger partial charge is 0 e. The van der Waals surface area contributed by atoms with Crippen molar-refractivity contribution in [2.24, 2.45) is 0 Å². The molecule has 0 rings (SSSR count). The van der Waals surface area contributed by atoms with Crippen LogP contribution in [0, 0.1) is 118 Å². The van der Waals surface area contributed by atoms with Gasteiger partial charge in [-0.3, -0.25) is 0 Å². The van der Waals surface area contributed by atoms with Gasteiger partial charge in [0.05, 0.1) is 8.41 Å². The van der Waals surface area contributed by atoms with Gasteiger partial charge < -0.3 is 0 Å². The normalized spacial score (nSPS) is 0. The molecule has 0 unspecified atom stereocenters. The fraction of sp³-hybridized carbons (Fsp3) is 0. The molecule has 6 heteroatoms. The second kappa shape index (κ2) is 31.6. The number of hydrogen-bond donors (Lipinski definition) is 0. The predicted molar refractivity (Wildman–Crippen MR) is 19.9 cm³/mol. The Morgan fingerprint density at radius 1 is 1.00 bits per heavy atom. The van der Waals surface area contributed by atoms with Gasteiger partial charge in [-0.1, -0.05) is 0 Å².